The number of nitro benzene ring substituents is 1. The van der Waals surface area contributed by atoms with E-state index >= 15 is 0 Å². The summed E-state index contributed by atoms with van der Waals surface area (Å²) in [7, 11) is 1.69. The summed E-state index contributed by atoms with van der Waals surface area (Å²) in [6, 6.07) is 4.31. The molecule has 1 N–H and O–H groups in total. The molecule has 0 radical (unpaired) electrons. The van der Waals surface area contributed by atoms with Crippen LogP contribution < -0.4 is 5.32 Å². The Kier molecular flexibility index (Phi) is 3.83. The molecule has 1 aromatic heterocycles. The number of aromatic nitrogens is 1. The van der Waals surface area contributed by atoms with Crippen molar-refractivity contribution in [3.8, 4) is 0 Å². The molecule has 2 aromatic rings. The molecule has 0 aliphatic carbocycles. The van der Waals surface area contributed by atoms with E-state index in [0.717, 1.165) is 0 Å². The van der Waals surface area contributed by atoms with Crippen LogP contribution in [0, 0.1) is 10.1 Å². The summed E-state index contributed by atoms with van der Waals surface area (Å²) in [4.78, 5) is 27.4. The first-order valence-electron chi connectivity index (χ1n) is 6.04. The predicted octanol–water partition coefficient (Wildman–Crippen LogP) is 1.63. The summed E-state index contributed by atoms with van der Waals surface area (Å²) in [5, 5.41) is 13.4. The van der Waals surface area contributed by atoms with Gasteiger partial charge in [0.1, 0.15) is 5.52 Å². The van der Waals surface area contributed by atoms with Crippen molar-refractivity contribution in [1.82, 2.24) is 9.88 Å². The number of fused-ring (bicyclic) bond motifs is 1. The zero-order valence-corrected chi connectivity index (χ0v) is 11.1. The van der Waals surface area contributed by atoms with Crippen molar-refractivity contribution >= 4 is 28.7 Å². The third-order valence-electron chi connectivity index (χ3n) is 2.87. The van der Waals surface area contributed by atoms with E-state index in [9.17, 15) is 14.9 Å². The Morgan fingerprint density at radius 2 is 2.30 bits per heavy atom. The lowest BCUT2D eigenvalue weighted by Gasteiger charge is -2.13. The van der Waals surface area contributed by atoms with Gasteiger partial charge in [-0.2, -0.15) is 4.98 Å². The SMILES string of the molecule is CCN(C)C(=O)CNc1nc2cc([N+](=O)[O-])ccc2o1. The highest BCUT2D eigenvalue weighted by molar-refractivity contribution is 5.81. The predicted molar refractivity (Wildman–Crippen MR) is 72.5 cm³/mol. The second kappa shape index (κ2) is 5.55. The van der Waals surface area contributed by atoms with Crippen molar-refractivity contribution < 1.29 is 14.1 Å². The van der Waals surface area contributed by atoms with Crippen LogP contribution in [0.2, 0.25) is 0 Å². The summed E-state index contributed by atoms with van der Waals surface area (Å²) in [6.07, 6.45) is 0. The number of carbonyl (C=O) groups is 1. The lowest BCUT2D eigenvalue weighted by Crippen LogP contribution is -2.31. The minimum absolute atomic E-state index is 0.0548. The van der Waals surface area contributed by atoms with Gasteiger partial charge in [-0.05, 0) is 13.0 Å². The third kappa shape index (κ3) is 2.85. The maximum atomic E-state index is 11.6. The van der Waals surface area contributed by atoms with Gasteiger partial charge < -0.3 is 14.6 Å². The van der Waals surface area contributed by atoms with Crippen LogP contribution in [0.25, 0.3) is 11.1 Å². The molecular weight excluding hydrogens is 264 g/mol. The molecule has 8 heteroatoms. The summed E-state index contributed by atoms with van der Waals surface area (Å²) < 4.78 is 5.35. The molecule has 0 bridgehead atoms. The van der Waals surface area contributed by atoms with Crippen molar-refractivity contribution in [1.29, 1.82) is 0 Å². The molecule has 0 unspecified atom stereocenters. The monoisotopic (exact) mass is 278 g/mol. The van der Waals surface area contributed by atoms with Gasteiger partial charge in [-0.15, -0.1) is 0 Å². The molecule has 20 heavy (non-hydrogen) atoms. The first-order valence-corrected chi connectivity index (χ1v) is 6.04. The Balaban J connectivity index is 2.12. The van der Waals surface area contributed by atoms with Gasteiger partial charge in [-0.25, -0.2) is 0 Å². The van der Waals surface area contributed by atoms with Crippen molar-refractivity contribution in [3.63, 3.8) is 0 Å². The number of benzene rings is 1. The number of likely N-dealkylation sites (N-methyl/N-ethyl adjacent to an activating group) is 1. The highest BCUT2D eigenvalue weighted by Crippen LogP contribution is 2.23. The largest absolute Gasteiger partial charge is 0.424 e. The average Bonchev–Trinajstić information content (AvgIpc) is 2.85. The second-order valence-electron chi connectivity index (χ2n) is 4.19. The van der Waals surface area contributed by atoms with Gasteiger partial charge in [0.25, 0.3) is 11.7 Å². The molecular formula is C12H14N4O4. The van der Waals surface area contributed by atoms with Crippen molar-refractivity contribution in [2.24, 2.45) is 0 Å². The minimum atomic E-state index is -0.499. The maximum absolute atomic E-state index is 11.6. The van der Waals surface area contributed by atoms with Gasteiger partial charge in [-0.3, -0.25) is 14.9 Å². The number of oxazole rings is 1. The number of rotatable bonds is 5. The maximum Gasteiger partial charge on any atom is 0.296 e. The van der Waals surface area contributed by atoms with E-state index in [1.165, 1.54) is 18.2 Å². The first-order chi connectivity index (χ1) is 9.51. The van der Waals surface area contributed by atoms with E-state index in [4.69, 9.17) is 4.42 Å². The number of anilines is 1. The summed E-state index contributed by atoms with van der Waals surface area (Å²) >= 11 is 0. The van der Waals surface area contributed by atoms with E-state index in [-0.39, 0.29) is 24.2 Å². The summed E-state index contributed by atoms with van der Waals surface area (Å²) in [6.45, 7) is 2.54. The molecule has 0 fully saturated rings. The van der Waals surface area contributed by atoms with Crippen LogP contribution in [0.4, 0.5) is 11.7 Å². The van der Waals surface area contributed by atoms with Crippen LogP contribution in [-0.4, -0.2) is 40.9 Å². The first kappa shape index (κ1) is 13.8. The lowest BCUT2D eigenvalue weighted by atomic mass is 10.3. The van der Waals surface area contributed by atoms with Crippen LogP contribution in [0.1, 0.15) is 6.92 Å². The highest BCUT2D eigenvalue weighted by Gasteiger charge is 2.13. The van der Waals surface area contributed by atoms with Gasteiger partial charge in [-0.1, -0.05) is 0 Å². The minimum Gasteiger partial charge on any atom is -0.424 e. The average molecular weight is 278 g/mol. The fourth-order valence-electron chi connectivity index (χ4n) is 1.57. The second-order valence-corrected chi connectivity index (χ2v) is 4.19. The van der Waals surface area contributed by atoms with Crippen LogP contribution >= 0.6 is 0 Å². The zero-order chi connectivity index (χ0) is 14.7. The van der Waals surface area contributed by atoms with Gasteiger partial charge in [0.15, 0.2) is 5.58 Å². The zero-order valence-electron chi connectivity index (χ0n) is 11.1. The number of amides is 1. The number of non-ortho nitro benzene ring substituents is 1. The highest BCUT2D eigenvalue weighted by atomic mass is 16.6. The van der Waals surface area contributed by atoms with E-state index in [2.05, 4.69) is 10.3 Å². The lowest BCUT2D eigenvalue weighted by molar-refractivity contribution is -0.384. The van der Waals surface area contributed by atoms with E-state index < -0.39 is 4.92 Å². The fraction of sp³-hybridized carbons (Fsp3) is 0.333. The molecule has 0 aliphatic heterocycles. The number of hydrogen-bond donors (Lipinski definition) is 1. The van der Waals surface area contributed by atoms with Crippen molar-refractivity contribution in [2.45, 2.75) is 6.92 Å². The van der Waals surface area contributed by atoms with E-state index in [1.807, 2.05) is 6.92 Å². The van der Waals surface area contributed by atoms with Crippen LogP contribution in [0.3, 0.4) is 0 Å². The number of hydrogen-bond acceptors (Lipinski definition) is 6. The molecule has 8 nitrogen and oxygen atoms in total. The van der Waals surface area contributed by atoms with Gasteiger partial charge in [0, 0.05) is 25.7 Å². The Labute approximate surface area is 114 Å². The van der Waals surface area contributed by atoms with Crippen molar-refractivity contribution in [3.05, 3.63) is 28.3 Å². The molecule has 1 aromatic carbocycles. The molecule has 106 valence electrons. The summed E-state index contributed by atoms with van der Waals surface area (Å²) in [5.74, 6) is -0.0965. The van der Waals surface area contributed by atoms with Crippen molar-refractivity contribution in [2.75, 3.05) is 25.5 Å². The van der Waals surface area contributed by atoms with Gasteiger partial charge in [0.2, 0.25) is 5.91 Å². The molecule has 2 rings (SSSR count). The fourth-order valence-corrected chi connectivity index (χ4v) is 1.57. The molecule has 0 spiro atoms. The molecule has 1 heterocycles. The standard InChI is InChI=1S/C12H14N4O4/c1-3-15(2)11(17)7-13-12-14-9-6-8(16(18)19)4-5-10(9)20-12/h4-6H,3,7H2,1-2H3,(H,13,14). The number of nitrogens with zero attached hydrogens (tertiary/aromatic N) is 3. The molecule has 1 amide bonds. The molecule has 0 atom stereocenters. The van der Waals surface area contributed by atoms with Gasteiger partial charge in [0.05, 0.1) is 11.5 Å². The Morgan fingerprint density at radius 1 is 1.55 bits per heavy atom. The van der Waals surface area contributed by atoms with Crippen LogP contribution in [-0.2, 0) is 4.79 Å². The molecule has 0 saturated heterocycles. The van der Waals surface area contributed by atoms with Crippen LogP contribution in [0.15, 0.2) is 22.6 Å². The number of nitro groups is 1. The molecule has 0 saturated carbocycles. The topological polar surface area (TPSA) is 102 Å². The number of nitrogens with one attached hydrogen (secondary N) is 1. The van der Waals surface area contributed by atoms with E-state index in [0.29, 0.717) is 17.6 Å². The third-order valence-corrected chi connectivity index (χ3v) is 2.87. The van der Waals surface area contributed by atoms with E-state index in [1.54, 1.807) is 11.9 Å². The van der Waals surface area contributed by atoms with Gasteiger partial charge >= 0.3 is 0 Å². The Hall–Kier alpha value is -2.64. The number of carbonyl (C=O) groups excluding carboxylic acids is 1. The Bertz CT molecular complexity index is 652. The van der Waals surface area contributed by atoms with Crippen LogP contribution in [0.5, 0.6) is 0 Å². The summed E-state index contributed by atoms with van der Waals surface area (Å²) in [5.41, 5.74) is 0.742. The quantitative estimate of drug-likeness (QED) is 0.658. The molecule has 0 aliphatic rings. The smallest absolute Gasteiger partial charge is 0.296 e. The normalized spacial score (nSPS) is 10.5. The Morgan fingerprint density at radius 3 is 2.95 bits per heavy atom.